The second-order valence-corrected chi connectivity index (χ2v) is 9.40. The molecule has 10 heteroatoms. The molecular formula is C31H40O10. The molecule has 10 nitrogen and oxygen atoms in total. The zero-order chi connectivity index (χ0) is 30.6. The van der Waals surface area contributed by atoms with Crippen LogP contribution in [0, 0.1) is 0 Å². The topological polar surface area (TPSA) is 130 Å². The van der Waals surface area contributed by atoms with Crippen LogP contribution in [0.4, 0.5) is 0 Å². The summed E-state index contributed by atoms with van der Waals surface area (Å²) >= 11 is 0. The molecular weight excluding hydrogens is 532 g/mol. The Kier molecular flexibility index (Phi) is 12.2. The highest BCUT2D eigenvalue weighted by Crippen LogP contribution is 2.32. The Morgan fingerprint density at radius 2 is 1.05 bits per heavy atom. The number of aliphatic hydroxyl groups is 2. The summed E-state index contributed by atoms with van der Waals surface area (Å²) in [5.74, 6) is -6.29. The molecule has 2 unspecified atom stereocenters. The van der Waals surface area contributed by atoms with Gasteiger partial charge in [0.05, 0.1) is 13.2 Å². The highest BCUT2D eigenvalue weighted by molar-refractivity contribution is 5.85. The molecule has 0 aliphatic rings. The molecule has 0 heterocycles. The van der Waals surface area contributed by atoms with Crippen molar-refractivity contribution in [3.05, 3.63) is 84.3 Å². The largest absolute Gasteiger partial charge is 0.502 e. The molecule has 2 atom stereocenters. The summed E-state index contributed by atoms with van der Waals surface area (Å²) < 4.78 is 33.2. The Morgan fingerprint density at radius 1 is 0.707 bits per heavy atom. The number of hydrogen-bond donors (Lipinski definition) is 2. The van der Waals surface area contributed by atoms with Crippen LogP contribution in [0.1, 0.15) is 70.9 Å². The van der Waals surface area contributed by atoms with Crippen LogP contribution in [0.5, 0.6) is 11.5 Å². The van der Waals surface area contributed by atoms with E-state index >= 15 is 0 Å². The van der Waals surface area contributed by atoms with Gasteiger partial charge in [-0.1, -0.05) is 45.0 Å². The highest BCUT2D eigenvalue weighted by atomic mass is 16.9. The zero-order valence-corrected chi connectivity index (χ0v) is 24.3. The predicted molar refractivity (Wildman–Crippen MR) is 151 cm³/mol. The molecule has 2 N–H and O–H groups in total. The average Bonchev–Trinajstić information content (AvgIpc) is 2.93. The fourth-order valence-electron chi connectivity index (χ4n) is 3.82. The molecule has 0 aliphatic carbocycles. The van der Waals surface area contributed by atoms with E-state index in [0.29, 0.717) is 24.3 Å². The monoisotopic (exact) mass is 572 g/mol. The van der Waals surface area contributed by atoms with E-state index in [1.54, 1.807) is 24.3 Å². The summed E-state index contributed by atoms with van der Waals surface area (Å²) in [5.41, 5.74) is 2.02. The molecule has 0 spiro atoms. The van der Waals surface area contributed by atoms with Crippen molar-refractivity contribution < 1.29 is 48.2 Å². The first-order valence-electron chi connectivity index (χ1n) is 13.4. The molecule has 2 aromatic carbocycles. The molecule has 0 saturated carbocycles. The van der Waals surface area contributed by atoms with Crippen molar-refractivity contribution in [2.45, 2.75) is 71.7 Å². The quantitative estimate of drug-likeness (QED) is 0.0948. The summed E-state index contributed by atoms with van der Waals surface area (Å²) in [6.07, 6.45) is 2.11. The lowest BCUT2D eigenvalue weighted by atomic mass is 9.89. The summed E-state index contributed by atoms with van der Waals surface area (Å²) in [6, 6.07) is 14.6. The summed E-state index contributed by atoms with van der Waals surface area (Å²) in [7, 11) is 0. The molecule has 0 bridgehead atoms. The third-order valence-corrected chi connectivity index (χ3v) is 5.74. The van der Waals surface area contributed by atoms with E-state index in [1.165, 1.54) is 13.8 Å². The van der Waals surface area contributed by atoms with Crippen LogP contribution in [-0.4, -0.2) is 47.3 Å². The summed E-state index contributed by atoms with van der Waals surface area (Å²) in [5, 5.41) is 18.7. The van der Waals surface area contributed by atoms with E-state index in [2.05, 4.69) is 20.1 Å². The van der Waals surface area contributed by atoms with E-state index in [9.17, 15) is 19.8 Å². The number of aliphatic hydroxyl groups excluding tert-OH is 2. The summed E-state index contributed by atoms with van der Waals surface area (Å²) in [4.78, 5) is 23.8. The summed E-state index contributed by atoms with van der Waals surface area (Å²) in [6.45, 7) is 15.6. The highest BCUT2D eigenvalue weighted by Gasteiger charge is 2.35. The normalized spacial score (nSPS) is 14.6. The minimum absolute atomic E-state index is 0.0367. The Labute approximate surface area is 241 Å². The van der Waals surface area contributed by atoms with Crippen LogP contribution in [0.15, 0.2) is 73.2 Å². The standard InChI is InChI=1S/C31H40O10/c1-8-19-36-30(6,40-28(34)21(4)32)38-25-15-11-23(12-16-25)27(10-3)24-13-17-26(18-14-24)39-31(7,37-20-9-2)41-29(35)22(5)33/h11-18,27,32-33H,4-5,8-10,19-20H2,1-3,6-7H3. The van der Waals surface area contributed by atoms with Crippen molar-refractivity contribution >= 4 is 11.9 Å². The predicted octanol–water partition coefficient (Wildman–Crippen LogP) is 6.42. The Balaban J connectivity index is 2.19. The molecule has 0 radical (unpaired) electrons. The molecule has 2 aromatic rings. The van der Waals surface area contributed by atoms with Crippen molar-refractivity contribution in [3.8, 4) is 11.5 Å². The second-order valence-electron chi connectivity index (χ2n) is 9.40. The number of carbonyl (C=O) groups excluding carboxylic acids is 2. The van der Waals surface area contributed by atoms with Gasteiger partial charge < -0.3 is 38.6 Å². The molecule has 0 saturated heterocycles. The van der Waals surface area contributed by atoms with Crippen LogP contribution in [0.25, 0.3) is 0 Å². The van der Waals surface area contributed by atoms with Crippen molar-refractivity contribution in [1.82, 2.24) is 0 Å². The minimum atomic E-state index is -1.76. The lowest BCUT2D eigenvalue weighted by Gasteiger charge is -2.29. The van der Waals surface area contributed by atoms with Crippen molar-refractivity contribution in [2.24, 2.45) is 0 Å². The van der Waals surface area contributed by atoms with Gasteiger partial charge in [-0.25, -0.2) is 9.59 Å². The van der Waals surface area contributed by atoms with E-state index in [1.807, 2.05) is 38.1 Å². The molecule has 0 aliphatic heterocycles. The van der Waals surface area contributed by atoms with Gasteiger partial charge in [-0.15, -0.1) is 0 Å². The van der Waals surface area contributed by atoms with Crippen LogP contribution < -0.4 is 9.47 Å². The third-order valence-electron chi connectivity index (χ3n) is 5.74. The second kappa shape index (κ2) is 15.1. The lowest BCUT2D eigenvalue weighted by Crippen LogP contribution is -2.41. The molecule has 41 heavy (non-hydrogen) atoms. The van der Waals surface area contributed by atoms with Gasteiger partial charge in [0.25, 0.3) is 0 Å². The lowest BCUT2D eigenvalue weighted by molar-refractivity contribution is -0.315. The van der Waals surface area contributed by atoms with Gasteiger partial charge in [-0.3, -0.25) is 0 Å². The molecule has 0 fully saturated rings. The van der Waals surface area contributed by atoms with Gasteiger partial charge in [-0.2, -0.15) is 0 Å². The maximum atomic E-state index is 11.9. The first-order chi connectivity index (χ1) is 19.3. The Hall–Kier alpha value is -4.02. The molecule has 2 rings (SSSR count). The van der Waals surface area contributed by atoms with E-state index in [0.717, 1.165) is 17.5 Å². The Bertz CT molecular complexity index is 1080. The Morgan fingerprint density at radius 3 is 1.32 bits per heavy atom. The number of carbonyl (C=O) groups is 2. The van der Waals surface area contributed by atoms with Gasteiger partial charge in [-0.05, 0) is 67.8 Å². The van der Waals surface area contributed by atoms with Crippen molar-refractivity contribution in [3.63, 3.8) is 0 Å². The van der Waals surface area contributed by atoms with Crippen LogP contribution in [-0.2, 0) is 28.5 Å². The fraction of sp³-hybridized carbons (Fsp3) is 0.419. The number of ether oxygens (including phenoxy) is 6. The van der Waals surface area contributed by atoms with E-state index in [4.69, 9.17) is 28.4 Å². The SMILES string of the molecule is C=C(O)C(=O)OC(C)(OCCC)Oc1ccc(C(CC)c2ccc(OC(C)(OCCC)OC(=O)C(=C)O)cc2)cc1. The smallest absolute Gasteiger partial charge is 0.377 e. The number of hydrogen-bond acceptors (Lipinski definition) is 10. The molecule has 0 amide bonds. The zero-order valence-electron chi connectivity index (χ0n) is 24.3. The minimum Gasteiger partial charge on any atom is -0.502 e. The molecule has 224 valence electrons. The van der Waals surface area contributed by atoms with Crippen molar-refractivity contribution in [1.29, 1.82) is 0 Å². The van der Waals surface area contributed by atoms with Gasteiger partial charge in [0, 0.05) is 19.8 Å². The third kappa shape index (κ3) is 10.1. The van der Waals surface area contributed by atoms with Crippen LogP contribution >= 0.6 is 0 Å². The fourth-order valence-corrected chi connectivity index (χ4v) is 3.82. The maximum Gasteiger partial charge on any atom is 0.377 e. The average molecular weight is 573 g/mol. The van der Waals surface area contributed by atoms with Gasteiger partial charge in [0.2, 0.25) is 0 Å². The number of esters is 2. The number of rotatable bonds is 17. The maximum absolute atomic E-state index is 11.9. The van der Waals surface area contributed by atoms with Crippen LogP contribution in [0.2, 0.25) is 0 Å². The van der Waals surface area contributed by atoms with Crippen molar-refractivity contribution in [2.75, 3.05) is 13.2 Å². The van der Waals surface area contributed by atoms with Gasteiger partial charge >= 0.3 is 23.9 Å². The van der Waals surface area contributed by atoms with E-state index in [-0.39, 0.29) is 19.1 Å². The van der Waals surface area contributed by atoms with Gasteiger partial charge in [0.1, 0.15) is 11.5 Å². The van der Waals surface area contributed by atoms with Crippen LogP contribution in [0.3, 0.4) is 0 Å². The molecule has 0 aromatic heterocycles. The van der Waals surface area contributed by atoms with E-state index < -0.39 is 35.4 Å². The number of benzene rings is 2. The van der Waals surface area contributed by atoms with Gasteiger partial charge in [0.15, 0.2) is 11.5 Å². The first-order valence-corrected chi connectivity index (χ1v) is 13.4. The first kappa shape index (κ1) is 33.2.